The molecule has 1 aliphatic rings. The molecule has 0 unspecified atom stereocenters. The van der Waals surface area contributed by atoms with Gasteiger partial charge in [0, 0.05) is 63.8 Å². The van der Waals surface area contributed by atoms with Crippen LogP contribution in [0.2, 0.25) is 0 Å². The molecule has 0 bridgehead atoms. The summed E-state index contributed by atoms with van der Waals surface area (Å²) < 4.78 is 5.21. The minimum absolute atomic E-state index is 0.0578. The van der Waals surface area contributed by atoms with Gasteiger partial charge >= 0.3 is 0 Å². The fourth-order valence-electron chi connectivity index (χ4n) is 4.70. The highest BCUT2D eigenvalue weighted by Gasteiger charge is 2.20. The summed E-state index contributed by atoms with van der Waals surface area (Å²) in [7, 11) is 1.76. The molecule has 1 aliphatic heterocycles. The smallest absolute Gasteiger partial charge is 0.195 e. The Morgan fingerprint density at radius 1 is 0.972 bits per heavy atom. The van der Waals surface area contributed by atoms with Gasteiger partial charge in [-0.15, -0.1) is 0 Å². The molecule has 8 heteroatoms. The fourth-order valence-corrected chi connectivity index (χ4v) is 4.70. The van der Waals surface area contributed by atoms with Crippen molar-refractivity contribution in [1.29, 1.82) is 0 Å². The fraction of sp³-hybridized carbons (Fsp3) is 0.321. The normalized spacial score (nSPS) is 14.8. The van der Waals surface area contributed by atoms with E-state index in [1.165, 1.54) is 11.9 Å². The van der Waals surface area contributed by atoms with Crippen molar-refractivity contribution in [3.63, 3.8) is 0 Å². The van der Waals surface area contributed by atoms with Gasteiger partial charge in [0.1, 0.15) is 17.8 Å². The van der Waals surface area contributed by atoms with Gasteiger partial charge in [0.05, 0.1) is 17.6 Å². The molecule has 0 aliphatic carbocycles. The highest BCUT2D eigenvalue weighted by Crippen LogP contribution is 2.29. The number of rotatable bonds is 10. The molecule has 8 nitrogen and oxygen atoms in total. The molecule has 3 heterocycles. The van der Waals surface area contributed by atoms with Crippen LogP contribution in [0, 0.1) is 0 Å². The Labute approximate surface area is 211 Å². The number of fused-ring (bicyclic) bond motifs is 1. The third-order valence-electron chi connectivity index (χ3n) is 6.79. The van der Waals surface area contributed by atoms with Crippen molar-refractivity contribution in [3.8, 4) is 0 Å². The van der Waals surface area contributed by atoms with Gasteiger partial charge in [-0.2, -0.15) is 0 Å². The molecular formula is C28H32N6O2. The molecular weight excluding hydrogens is 452 g/mol. The number of benzene rings is 2. The molecule has 2 aromatic heterocycles. The second kappa shape index (κ2) is 11.4. The first-order chi connectivity index (χ1) is 17.7. The summed E-state index contributed by atoms with van der Waals surface area (Å²) in [5, 5.41) is 4.20. The number of H-pyrrole nitrogens is 1. The first kappa shape index (κ1) is 24.1. The quantitative estimate of drug-likeness (QED) is 0.332. The number of hydrogen-bond donors (Lipinski definition) is 2. The number of piperazine rings is 1. The van der Waals surface area contributed by atoms with E-state index < -0.39 is 0 Å². The highest BCUT2D eigenvalue weighted by molar-refractivity contribution is 6.18. The molecule has 4 aromatic rings. The van der Waals surface area contributed by atoms with E-state index in [1.54, 1.807) is 13.3 Å². The van der Waals surface area contributed by atoms with E-state index in [4.69, 9.17) is 4.74 Å². The molecule has 186 valence electrons. The molecule has 0 spiro atoms. The monoisotopic (exact) mass is 484 g/mol. The van der Waals surface area contributed by atoms with Gasteiger partial charge in [0.15, 0.2) is 5.78 Å². The minimum Gasteiger partial charge on any atom is -0.383 e. The van der Waals surface area contributed by atoms with Gasteiger partial charge < -0.3 is 19.9 Å². The Hall–Kier alpha value is -3.59. The van der Waals surface area contributed by atoms with Crippen LogP contribution < -0.4 is 5.32 Å². The number of aromatic amines is 1. The molecule has 0 atom stereocenters. The predicted octanol–water partition coefficient (Wildman–Crippen LogP) is 3.74. The number of aromatic nitrogens is 3. The maximum atomic E-state index is 13.2. The summed E-state index contributed by atoms with van der Waals surface area (Å²) in [6.07, 6.45) is 4.17. The maximum absolute atomic E-state index is 13.2. The van der Waals surface area contributed by atoms with Crippen LogP contribution in [0.25, 0.3) is 11.0 Å². The number of methoxy groups -OCH3 is 1. The lowest BCUT2D eigenvalue weighted by Crippen LogP contribution is -2.47. The van der Waals surface area contributed by atoms with Crippen molar-refractivity contribution in [2.24, 2.45) is 0 Å². The molecule has 36 heavy (non-hydrogen) atoms. The van der Waals surface area contributed by atoms with E-state index in [1.807, 2.05) is 36.4 Å². The number of carbonyl (C=O) groups excluding carboxylic acids is 1. The first-order valence-electron chi connectivity index (χ1n) is 12.4. The number of nitrogens with zero attached hydrogens (tertiary/aromatic N) is 4. The molecule has 0 saturated carbocycles. The summed E-state index contributed by atoms with van der Waals surface area (Å²) in [5.41, 5.74) is 4.04. The summed E-state index contributed by atoms with van der Waals surface area (Å²) in [5.74, 6) is 0.567. The summed E-state index contributed by atoms with van der Waals surface area (Å²) >= 11 is 0. The zero-order chi connectivity index (χ0) is 24.7. The van der Waals surface area contributed by atoms with Gasteiger partial charge in [0.25, 0.3) is 0 Å². The van der Waals surface area contributed by atoms with Crippen molar-refractivity contribution in [2.75, 3.05) is 58.3 Å². The van der Waals surface area contributed by atoms with Gasteiger partial charge in [-0.1, -0.05) is 48.5 Å². The molecule has 2 aromatic carbocycles. The highest BCUT2D eigenvalue weighted by atomic mass is 16.5. The standard InChI is InChI=1S/C28H32N6O2/c1-36-18-17-34-15-13-33(14-16-34)12-11-21-7-5-6-10-24(21)32-28-25-23(19-29-27(25)30-20-31-28)26(35)22-8-3-2-4-9-22/h2-10,19-20H,11-18H2,1H3,(H2,29,30,31,32). The van der Waals surface area contributed by atoms with Gasteiger partial charge in [-0.05, 0) is 18.1 Å². The number of hydrogen-bond acceptors (Lipinski definition) is 7. The first-order valence-corrected chi connectivity index (χ1v) is 12.4. The number of nitrogens with one attached hydrogen (secondary N) is 2. The Morgan fingerprint density at radius 2 is 1.69 bits per heavy atom. The van der Waals surface area contributed by atoms with E-state index in [0.29, 0.717) is 28.0 Å². The molecule has 0 radical (unpaired) electrons. The van der Waals surface area contributed by atoms with Gasteiger partial charge in [0.2, 0.25) is 0 Å². The third-order valence-corrected chi connectivity index (χ3v) is 6.79. The van der Waals surface area contributed by atoms with Crippen LogP contribution in [-0.4, -0.2) is 83.5 Å². The van der Waals surface area contributed by atoms with Crippen molar-refractivity contribution >= 4 is 28.3 Å². The number of ether oxygens (including phenoxy) is 1. The average molecular weight is 485 g/mol. The summed E-state index contributed by atoms with van der Waals surface area (Å²) in [4.78, 5) is 30.2. The van der Waals surface area contributed by atoms with Crippen molar-refractivity contribution < 1.29 is 9.53 Å². The minimum atomic E-state index is -0.0578. The lowest BCUT2D eigenvalue weighted by Gasteiger charge is -2.34. The van der Waals surface area contributed by atoms with Crippen molar-refractivity contribution in [1.82, 2.24) is 24.8 Å². The van der Waals surface area contributed by atoms with Crippen LogP contribution >= 0.6 is 0 Å². The molecule has 0 amide bonds. The second-order valence-electron chi connectivity index (χ2n) is 9.05. The zero-order valence-electron chi connectivity index (χ0n) is 20.6. The average Bonchev–Trinajstić information content (AvgIpc) is 3.37. The summed E-state index contributed by atoms with van der Waals surface area (Å²) in [6.45, 7) is 7.08. The Bertz CT molecular complexity index is 1300. The van der Waals surface area contributed by atoms with Crippen LogP contribution in [0.5, 0.6) is 0 Å². The van der Waals surface area contributed by atoms with E-state index in [0.717, 1.165) is 58.0 Å². The van der Waals surface area contributed by atoms with E-state index in [2.05, 4.69) is 48.3 Å². The lowest BCUT2D eigenvalue weighted by molar-refractivity contribution is 0.0976. The van der Waals surface area contributed by atoms with Crippen LogP contribution in [0.4, 0.5) is 11.5 Å². The number of carbonyl (C=O) groups is 1. The Balaban J connectivity index is 1.32. The molecule has 1 saturated heterocycles. The number of anilines is 2. The largest absolute Gasteiger partial charge is 0.383 e. The predicted molar refractivity (Wildman–Crippen MR) is 142 cm³/mol. The third kappa shape index (κ3) is 5.46. The van der Waals surface area contributed by atoms with Crippen molar-refractivity contribution in [2.45, 2.75) is 6.42 Å². The van der Waals surface area contributed by atoms with Crippen LogP contribution in [0.15, 0.2) is 67.1 Å². The number of para-hydroxylation sites is 1. The van der Waals surface area contributed by atoms with Crippen LogP contribution in [-0.2, 0) is 11.2 Å². The van der Waals surface area contributed by atoms with Crippen LogP contribution in [0.3, 0.4) is 0 Å². The topological polar surface area (TPSA) is 86.4 Å². The Kier molecular flexibility index (Phi) is 7.66. The van der Waals surface area contributed by atoms with Crippen molar-refractivity contribution in [3.05, 3.63) is 83.8 Å². The summed E-state index contributed by atoms with van der Waals surface area (Å²) in [6, 6.07) is 17.6. The van der Waals surface area contributed by atoms with E-state index in [-0.39, 0.29) is 5.78 Å². The van der Waals surface area contributed by atoms with Gasteiger partial charge in [-0.25, -0.2) is 9.97 Å². The Morgan fingerprint density at radius 3 is 2.47 bits per heavy atom. The number of ketones is 1. The maximum Gasteiger partial charge on any atom is 0.195 e. The second-order valence-corrected chi connectivity index (χ2v) is 9.05. The van der Waals surface area contributed by atoms with Crippen LogP contribution in [0.1, 0.15) is 21.5 Å². The molecule has 2 N–H and O–H groups in total. The zero-order valence-corrected chi connectivity index (χ0v) is 20.6. The van der Waals surface area contributed by atoms with Gasteiger partial charge in [-0.3, -0.25) is 9.69 Å². The van der Waals surface area contributed by atoms with E-state index in [9.17, 15) is 4.79 Å². The van der Waals surface area contributed by atoms with E-state index >= 15 is 0 Å². The SMILES string of the molecule is COCCN1CCN(CCc2ccccc2Nc2ncnc3[nH]cc(C(=O)c4ccccc4)c23)CC1. The lowest BCUT2D eigenvalue weighted by atomic mass is 10.0. The molecule has 1 fully saturated rings. The molecule has 5 rings (SSSR count).